The van der Waals surface area contributed by atoms with Crippen molar-refractivity contribution in [2.75, 3.05) is 7.05 Å². The highest BCUT2D eigenvalue weighted by atomic mass is 16.2. The maximum absolute atomic E-state index is 12.2. The molecular formula is C15H13N3O. The van der Waals surface area contributed by atoms with E-state index in [0.29, 0.717) is 17.8 Å². The van der Waals surface area contributed by atoms with Crippen LogP contribution in [0.25, 0.3) is 0 Å². The van der Waals surface area contributed by atoms with Gasteiger partial charge in [0.15, 0.2) is 0 Å². The number of pyridine rings is 1. The zero-order chi connectivity index (χ0) is 13.7. The predicted molar refractivity (Wildman–Crippen MR) is 71.2 cm³/mol. The highest BCUT2D eigenvalue weighted by Gasteiger charge is 2.12. The molecule has 0 fully saturated rings. The number of nitriles is 1. The molecule has 4 heteroatoms. The van der Waals surface area contributed by atoms with Crippen LogP contribution in [0.3, 0.4) is 0 Å². The van der Waals surface area contributed by atoms with Crippen LogP contribution in [0.5, 0.6) is 0 Å². The summed E-state index contributed by atoms with van der Waals surface area (Å²) in [5.41, 5.74) is 1.86. The van der Waals surface area contributed by atoms with Crippen LogP contribution in [-0.4, -0.2) is 22.8 Å². The molecular weight excluding hydrogens is 238 g/mol. The minimum Gasteiger partial charge on any atom is -0.337 e. The fraction of sp³-hybridized carbons (Fsp3) is 0.133. The molecule has 0 saturated carbocycles. The van der Waals surface area contributed by atoms with E-state index in [9.17, 15) is 4.79 Å². The third-order valence-electron chi connectivity index (χ3n) is 2.73. The smallest absolute Gasteiger partial charge is 0.255 e. The molecule has 19 heavy (non-hydrogen) atoms. The molecule has 0 atom stereocenters. The Morgan fingerprint density at radius 1 is 1.26 bits per heavy atom. The van der Waals surface area contributed by atoms with E-state index < -0.39 is 0 Å². The Morgan fingerprint density at radius 3 is 2.58 bits per heavy atom. The summed E-state index contributed by atoms with van der Waals surface area (Å²) in [6, 6.07) is 14.9. The molecule has 0 aliphatic heterocycles. The van der Waals surface area contributed by atoms with Crippen molar-refractivity contribution < 1.29 is 4.79 Å². The van der Waals surface area contributed by atoms with E-state index in [4.69, 9.17) is 5.26 Å². The van der Waals surface area contributed by atoms with Crippen LogP contribution in [0.1, 0.15) is 21.6 Å². The number of benzene rings is 1. The molecule has 0 aliphatic carbocycles. The van der Waals surface area contributed by atoms with E-state index in [2.05, 4.69) is 4.98 Å². The lowest BCUT2D eigenvalue weighted by Gasteiger charge is -2.17. The minimum absolute atomic E-state index is 0.110. The van der Waals surface area contributed by atoms with Crippen molar-refractivity contribution in [2.45, 2.75) is 6.54 Å². The molecule has 0 N–H and O–H groups in total. The molecule has 0 spiro atoms. The second kappa shape index (κ2) is 5.78. The van der Waals surface area contributed by atoms with Gasteiger partial charge in [-0.25, -0.2) is 4.98 Å². The van der Waals surface area contributed by atoms with Gasteiger partial charge in [0.05, 0.1) is 5.56 Å². The first-order chi connectivity index (χ1) is 9.20. The summed E-state index contributed by atoms with van der Waals surface area (Å²) in [6.07, 6.45) is 1.43. The van der Waals surface area contributed by atoms with Gasteiger partial charge in [-0.15, -0.1) is 0 Å². The van der Waals surface area contributed by atoms with Crippen molar-refractivity contribution in [3.8, 4) is 6.07 Å². The molecule has 4 nitrogen and oxygen atoms in total. The fourth-order valence-corrected chi connectivity index (χ4v) is 1.74. The molecule has 1 amide bonds. The van der Waals surface area contributed by atoms with Crippen molar-refractivity contribution in [3.05, 3.63) is 65.5 Å². The maximum atomic E-state index is 12.2. The minimum atomic E-state index is -0.110. The van der Waals surface area contributed by atoms with Gasteiger partial charge in [-0.2, -0.15) is 5.26 Å². The first-order valence-corrected chi connectivity index (χ1v) is 5.86. The Balaban J connectivity index is 2.08. The lowest BCUT2D eigenvalue weighted by molar-refractivity contribution is 0.0784. The fourth-order valence-electron chi connectivity index (χ4n) is 1.74. The number of carbonyl (C=O) groups is 1. The molecule has 1 aromatic heterocycles. The second-order valence-electron chi connectivity index (χ2n) is 4.19. The van der Waals surface area contributed by atoms with Gasteiger partial charge in [-0.3, -0.25) is 4.79 Å². The molecule has 0 bridgehead atoms. The van der Waals surface area contributed by atoms with Gasteiger partial charge in [-0.05, 0) is 17.7 Å². The monoisotopic (exact) mass is 251 g/mol. The molecule has 2 rings (SSSR count). The third kappa shape index (κ3) is 3.17. The third-order valence-corrected chi connectivity index (χ3v) is 2.73. The van der Waals surface area contributed by atoms with Gasteiger partial charge in [0.25, 0.3) is 5.91 Å². The van der Waals surface area contributed by atoms with Crippen molar-refractivity contribution in [2.24, 2.45) is 0 Å². The van der Waals surface area contributed by atoms with Gasteiger partial charge in [0, 0.05) is 19.8 Å². The number of aromatic nitrogens is 1. The summed E-state index contributed by atoms with van der Waals surface area (Å²) in [4.78, 5) is 17.7. The standard InChI is InChI=1S/C15H13N3O/c1-18(11-12-5-3-2-4-6-12)15(19)13-7-8-14(9-16)17-10-13/h2-8,10H,11H2,1H3. The molecule has 0 radical (unpaired) electrons. The highest BCUT2D eigenvalue weighted by Crippen LogP contribution is 2.08. The van der Waals surface area contributed by atoms with Gasteiger partial charge < -0.3 is 4.90 Å². The quantitative estimate of drug-likeness (QED) is 0.840. The number of rotatable bonds is 3. The summed E-state index contributed by atoms with van der Waals surface area (Å²) < 4.78 is 0. The van der Waals surface area contributed by atoms with E-state index in [1.54, 1.807) is 24.1 Å². The Kier molecular flexibility index (Phi) is 3.89. The van der Waals surface area contributed by atoms with Crippen molar-refractivity contribution in [1.82, 2.24) is 9.88 Å². The maximum Gasteiger partial charge on any atom is 0.255 e. The van der Waals surface area contributed by atoms with Crippen LogP contribution in [0.2, 0.25) is 0 Å². The summed E-state index contributed by atoms with van der Waals surface area (Å²) in [5.74, 6) is -0.110. The van der Waals surface area contributed by atoms with Crippen molar-refractivity contribution in [1.29, 1.82) is 5.26 Å². The van der Waals surface area contributed by atoms with Crippen LogP contribution in [-0.2, 0) is 6.54 Å². The van der Waals surface area contributed by atoms with E-state index in [-0.39, 0.29) is 5.91 Å². The van der Waals surface area contributed by atoms with Crippen LogP contribution in [0, 0.1) is 11.3 Å². The molecule has 0 saturated heterocycles. The first-order valence-electron chi connectivity index (χ1n) is 5.86. The molecule has 0 aliphatic rings. The topological polar surface area (TPSA) is 57.0 Å². The lowest BCUT2D eigenvalue weighted by Crippen LogP contribution is -2.26. The number of carbonyl (C=O) groups excluding carboxylic acids is 1. The normalized spacial score (nSPS) is 9.68. The first kappa shape index (κ1) is 12.8. The number of nitrogens with zero attached hydrogens (tertiary/aromatic N) is 3. The summed E-state index contributed by atoms with van der Waals surface area (Å²) in [5, 5.41) is 8.66. The van der Waals surface area contributed by atoms with Crippen molar-refractivity contribution in [3.63, 3.8) is 0 Å². The summed E-state index contributed by atoms with van der Waals surface area (Å²) in [7, 11) is 1.74. The van der Waals surface area contributed by atoms with Crippen LogP contribution in [0.4, 0.5) is 0 Å². The Bertz CT molecular complexity index is 600. The second-order valence-corrected chi connectivity index (χ2v) is 4.19. The van der Waals surface area contributed by atoms with Crippen LogP contribution < -0.4 is 0 Å². The molecule has 1 aromatic carbocycles. The number of hydrogen-bond donors (Lipinski definition) is 0. The van der Waals surface area contributed by atoms with Gasteiger partial charge in [0.2, 0.25) is 0 Å². The molecule has 0 unspecified atom stereocenters. The predicted octanol–water partition coefficient (Wildman–Crippen LogP) is 2.23. The molecule has 1 heterocycles. The van der Waals surface area contributed by atoms with Crippen LogP contribution in [0.15, 0.2) is 48.7 Å². The summed E-state index contributed by atoms with van der Waals surface area (Å²) >= 11 is 0. The Hall–Kier alpha value is -2.67. The van der Waals surface area contributed by atoms with Gasteiger partial charge >= 0.3 is 0 Å². The molecule has 2 aromatic rings. The zero-order valence-corrected chi connectivity index (χ0v) is 10.6. The average molecular weight is 251 g/mol. The van der Waals surface area contributed by atoms with Crippen LogP contribution >= 0.6 is 0 Å². The van der Waals surface area contributed by atoms with Gasteiger partial charge in [-0.1, -0.05) is 30.3 Å². The SMILES string of the molecule is CN(Cc1ccccc1)C(=O)c1ccc(C#N)nc1. The zero-order valence-electron chi connectivity index (χ0n) is 10.6. The van der Waals surface area contributed by atoms with E-state index in [1.807, 2.05) is 36.4 Å². The van der Waals surface area contributed by atoms with E-state index in [0.717, 1.165) is 5.56 Å². The molecule has 94 valence electrons. The van der Waals surface area contributed by atoms with E-state index in [1.165, 1.54) is 6.20 Å². The number of amides is 1. The lowest BCUT2D eigenvalue weighted by atomic mass is 10.2. The summed E-state index contributed by atoms with van der Waals surface area (Å²) in [6.45, 7) is 0.541. The largest absolute Gasteiger partial charge is 0.337 e. The Morgan fingerprint density at radius 2 is 2.00 bits per heavy atom. The Labute approximate surface area is 111 Å². The van der Waals surface area contributed by atoms with E-state index >= 15 is 0 Å². The highest BCUT2D eigenvalue weighted by molar-refractivity contribution is 5.93. The van der Waals surface area contributed by atoms with Gasteiger partial charge in [0.1, 0.15) is 11.8 Å². The van der Waals surface area contributed by atoms with Crippen molar-refractivity contribution >= 4 is 5.91 Å². The average Bonchev–Trinajstić information content (AvgIpc) is 2.47. The number of hydrogen-bond acceptors (Lipinski definition) is 3.